The third-order valence-electron chi connectivity index (χ3n) is 5.04. The molecular weight excluding hydrogens is 294 g/mol. The van der Waals surface area contributed by atoms with Crippen LogP contribution in [0.3, 0.4) is 0 Å². The van der Waals surface area contributed by atoms with Gasteiger partial charge in [0.05, 0.1) is 11.9 Å². The molecule has 1 saturated heterocycles. The van der Waals surface area contributed by atoms with Crippen LogP contribution in [-0.4, -0.2) is 28.0 Å². The van der Waals surface area contributed by atoms with Gasteiger partial charge in [-0.05, 0) is 56.7 Å². The summed E-state index contributed by atoms with van der Waals surface area (Å²) in [5, 5.41) is 0.870. The Morgan fingerprint density at radius 3 is 2.95 bits per heavy atom. The lowest BCUT2D eigenvalue weighted by Crippen LogP contribution is -2.30. The van der Waals surface area contributed by atoms with Crippen LogP contribution in [0.15, 0.2) is 4.79 Å². The Bertz CT molecular complexity index is 742. The van der Waals surface area contributed by atoms with Crippen molar-refractivity contribution in [3.8, 4) is 0 Å². The van der Waals surface area contributed by atoms with Crippen LogP contribution in [0.25, 0.3) is 10.2 Å². The Morgan fingerprint density at radius 2 is 2.14 bits per heavy atom. The highest BCUT2D eigenvalue weighted by molar-refractivity contribution is 7.18. The molecule has 1 fully saturated rings. The molecule has 1 aliphatic heterocycles. The molecule has 4 rings (SSSR count). The maximum atomic E-state index is 12.5. The fraction of sp³-hybridized carbons (Fsp3) is 0.647. The summed E-state index contributed by atoms with van der Waals surface area (Å²) < 4.78 is 0. The molecule has 3 heterocycles. The van der Waals surface area contributed by atoms with Gasteiger partial charge in [-0.25, -0.2) is 4.98 Å². The van der Waals surface area contributed by atoms with E-state index in [4.69, 9.17) is 4.98 Å². The summed E-state index contributed by atoms with van der Waals surface area (Å²) >= 11 is 1.74. The normalized spacial score (nSPS) is 22.9. The Balaban J connectivity index is 1.69. The first-order valence-corrected chi connectivity index (χ1v) is 9.28. The number of likely N-dealkylation sites (tertiary alicyclic amines) is 1. The predicted octanol–water partition coefficient (Wildman–Crippen LogP) is 3.10. The summed E-state index contributed by atoms with van der Waals surface area (Å²) in [6.07, 6.45) is 7.18. The van der Waals surface area contributed by atoms with Gasteiger partial charge < -0.3 is 4.98 Å². The maximum absolute atomic E-state index is 12.5. The number of hydrogen-bond donors (Lipinski definition) is 1. The van der Waals surface area contributed by atoms with E-state index in [0.29, 0.717) is 0 Å². The smallest absolute Gasteiger partial charge is 0.259 e. The Labute approximate surface area is 134 Å². The topological polar surface area (TPSA) is 49.0 Å². The molecule has 1 atom stereocenters. The molecule has 22 heavy (non-hydrogen) atoms. The lowest BCUT2D eigenvalue weighted by atomic mass is 9.89. The van der Waals surface area contributed by atoms with E-state index >= 15 is 0 Å². The molecule has 0 aromatic carbocycles. The van der Waals surface area contributed by atoms with Crippen LogP contribution in [-0.2, 0) is 19.4 Å². The molecule has 2 aromatic heterocycles. The summed E-state index contributed by atoms with van der Waals surface area (Å²) in [6, 6.07) is 0. The van der Waals surface area contributed by atoms with Gasteiger partial charge in [-0.2, -0.15) is 0 Å². The Morgan fingerprint density at radius 1 is 1.32 bits per heavy atom. The number of hydrogen-bond acceptors (Lipinski definition) is 4. The third kappa shape index (κ3) is 2.61. The van der Waals surface area contributed by atoms with Crippen molar-refractivity contribution in [1.29, 1.82) is 0 Å². The standard InChI is InChI=1S/C17H23N3OS/c1-11-5-6-12-13(9-11)22-17-15(12)16(21)18-14(19-17)10-20-7-3-2-4-8-20/h11H,2-10H2,1H3,(H,18,19,21). The number of aryl methyl sites for hydroxylation is 1. The van der Waals surface area contributed by atoms with E-state index in [0.717, 1.165) is 54.4 Å². The number of rotatable bonds is 2. The second-order valence-electron chi connectivity index (χ2n) is 6.88. The van der Waals surface area contributed by atoms with Crippen LogP contribution in [0, 0.1) is 5.92 Å². The molecule has 0 spiro atoms. The van der Waals surface area contributed by atoms with E-state index in [2.05, 4.69) is 16.8 Å². The zero-order chi connectivity index (χ0) is 15.1. The number of aromatic nitrogens is 2. The summed E-state index contributed by atoms with van der Waals surface area (Å²) in [5.41, 5.74) is 1.35. The van der Waals surface area contributed by atoms with Crippen molar-refractivity contribution in [3.05, 3.63) is 26.6 Å². The molecule has 118 valence electrons. The zero-order valence-corrected chi connectivity index (χ0v) is 14.0. The largest absolute Gasteiger partial charge is 0.309 e. The van der Waals surface area contributed by atoms with Gasteiger partial charge in [-0.3, -0.25) is 9.69 Å². The van der Waals surface area contributed by atoms with E-state index in [1.807, 2.05) is 0 Å². The van der Waals surface area contributed by atoms with Crippen LogP contribution >= 0.6 is 11.3 Å². The summed E-state index contributed by atoms with van der Waals surface area (Å²) in [5.74, 6) is 1.57. The quantitative estimate of drug-likeness (QED) is 0.926. The average Bonchev–Trinajstić information content (AvgIpc) is 2.85. The fourth-order valence-corrected chi connectivity index (χ4v) is 5.20. The van der Waals surface area contributed by atoms with Crippen LogP contribution < -0.4 is 5.56 Å². The summed E-state index contributed by atoms with van der Waals surface area (Å²) in [4.78, 5) is 25.1. The first kappa shape index (κ1) is 14.4. The van der Waals surface area contributed by atoms with Gasteiger partial charge in [-0.1, -0.05) is 13.3 Å². The lowest BCUT2D eigenvalue weighted by Gasteiger charge is -2.25. The minimum atomic E-state index is 0.0732. The van der Waals surface area contributed by atoms with Gasteiger partial charge in [-0.15, -0.1) is 11.3 Å². The number of piperidine rings is 1. The minimum Gasteiger partial charge on any atom is -0.309 e. The predicted molar refractivity (Wildman–Crippen MR) is 90.6 cm³/mol. The van der Waals surface area contributed by atoms with Crippen molar-refractivity contribution in [2.75, 3.05) is 13.1 Å². The lowest BCUT2D eigenvalue weighted by molar-refractivity contribution is 0.216. The first-order valence-electron chi connectivity index (χ1n) is 8.46. The molecule has 4 nitrogen and oxygen atoms in total. The van der Waals surface area contributed by atoms with E-state index in [1.54, 1.807) is 11.3 Å². The average molecular weight is 317 g/mol. The monoisotopic (exact) mass is 317 g/mol. The SMILES string of the molecule is CC1CCc2c(sc3nc(CN4CCCCC4)[nH]c(=O)c23)C1. The second-order valence-corrected chi connectivity index (χ2v) is 7.96. The maximum Gasteiger partial charge on any atom is 0.259 e. The zero-order valence-electron chi connectivity index (χ0n) is 13.2. The molecule has 2 aromatic rings. The number of H-pyrrole nitrogens is 1. The van der Waals surface area contributed by atoms with Crippen molar-refractivity contribution >= 4 is 21.6 Å². The van der Waals surface area contributed by atoms with Crippen molar-refractivity contribution in [2.45, 2.75) is 52.0 Å². The van der Waals surface area contributed by atoms with E-state index < -0.39 is 0 Å². The molecule has 1 N–H and O–H groups in total. The van der Waals surface area contributed by atoms with Crippen LogP contribution in [0.1, 0.15) is 48.9 Å². The third-order valence-corrected chi connectivity index (χ3v) is 6.18. The van der Waals surface area contributed by atoms with E-state index in [1.165, 1.54) is 36.1 Å². The van der Waals surface area contributed by atoms with Crippen LogP contribution in [0.2, 0.25) is 0 Å². The highest BCUT2D eigenvalue weighted by Gasteiger charge is 2.23. The van der Waals surface area contributed by atoms with E-state index in [9.17, 15) is 4.79 Å². The van der Waals surface area contributed by atoms with Gasteiger partial charge >= 0.3 is 0 Å². The highest BCUT2D eigenvalue weighted by atomic mass is 32.1. The van der Waals surface area contributed by atoms with Gasteiger partial charge in [0.1, 0.15) is 10.7 Å². The Hall–Kier alpha value is -1.20. The minimum absolute atomic E-state index is 0.0732. The molecule has 1 aliphatic carbocycles. The fourth-order valence-electron chi connectivity index (χ4n) is 3.80. The van der Waals surface area contributed by atoms with Crippen LogP contribution in [0.5, 0.6) is 0 Å². The molecule has 0 radical (unpaired) electrons. The van der Waals surface area contributed by atoms with Gasteiger partial charge in [0.2, 0.25) is 0 Å². The molecule has 5 heteroatoms. The van der Waals surface area contributed by atoms with E-state index in [-0.39, 0.29) is 5.56 Å². The van der Waals surface area contributed by atoms with Gasteiger partial charge in [0.15, 0.2) is 0 Å². The van der Waals surface area contributed by atoms with Crippen molar-refractivity contribution in [1.82, 2.24) is 14.9 Å². The molecule has 0 bridgehead atoms. The van der Waals surface area contributed by atoms with Gasteiger partial charge in [0.25, 0.3) is 5.56 Å². The molecular formula is C17H23N3OS. The summed E-state index contributed by atoms with van der Waals surface area (Å²) in [7, 11) is 0. The van der Waals surface area contributed by atoms with Crippen molar-refractivity contribution in [2.24, 2.45) is 5.92 Å². The summed E-state index contributed by atoms with van der Waals surface area (Å²) in [6.45, 7) is 5.33. The number of fused-ring (bicyclic) bond motifs is 3. The number of nitrogens with zero attached hydrogens (tertiary/aromatic N) is 2. The second kappa shape index (κ2) is 5.78. The number of aromatic amines is 1. The highest BCUT2D eigenvalue weighted by Crippen LogP contribution is 2.35. The molecule has 1 unspecified atom stereocenters. The molecule has 2 aliphatic rings. The van der Waals surface area contributed by atoms with Crippen LogP contribution in [0.4, 0.5) is 0 Å². The first-order chi connectivity index (χ1) is 10.7. The number of thiophene rings is 1. The molecule has 0 saturated carbocycles. The van der Waals surface area contributed by atoms with Gasteiger partial charge in [0, 0.05) is 4.88 Å². The number of nitrogens with one attached hydrogen (secondary N) is 1. The molecule has 0 amide bonds. The van der Waals surface area contributed by atoms with Crippen molar-refractivity contribution in [3.63, 3.8) is 0 Å². The van der Waals surface area contributed by atoms with Crippen molar-refractivity contribution < 1.29 is 0 Å². The Kier molecular flexibility index (Phi) is 3.78.